The third-order valence-electron chi connectivity index (χ3n) is 4.08. The molecule has 3 unspecified atom stereocenters. The van der Waals surface area contributed by atoms with E-state index in [0.29, 0.717) is 18.9 Å². The van der Waals surface area contributed by atoms with Crippen LogP contribution in [0, 0.1) is 17.8 Å². The molecule has 0 spiro atoms. The zero-order chi connectivity index (χ0) is 12.0. The first-order valence-electron chi connectivity index (χ1n) is 6.84. The summed E-state index contributed by atoms with van der Waals surface area (Å²) in [6, 6.07) is 0. The molecule has 0 aliphatic heterocycles. The monoisotopic (exact) mass is 226 g/mol. The molecule has 0 amide bonds. The molecule has 0 aromatic rings. The topological polar surface area (TPSA) is 26.3 Å². The summed E-state index contributed by atoms with van der Waals surface area (Å²) in [7, 11) is 0. The van der Waals surface area contributed by atoms with Crippen molar-refractivity contribution in [3.8, 4) is 0 Å². The van der Waals surface area contributed by atoms with E-state index in [4.69, 9.17) is 4.74 Å². The van der Waals surface area contributed by atoms with Crippen LogP contribution in [0.5, 0.6) is 0 Å². The van der Waals surface area contributed by atoms with Gasteiger partial charge in [0.25, 0.3) is 0 Å². The fourth-order valence-corrected chi connectivity index (χ4v) is 2.98. The lowest BCUT2D eigenvalue weighted by Crippen LogP contribution is -2.27. The molecular formula is C14H26O2. The lowest BCUT2D eigenvalue weighted by Gasteiger charge is -2.35. The average Bonchev–Trinajstić information content (AvgIpc) is 2.29. The molecule has 16 heavy (non-hydrogen) atoms. The van der Waals surface area contributed by atoms with Crippen LogP contribution < -0.4 is 0 Å². The summed E-state index contributed by atoms with van der Waals surface area (Å²) in [5.41, 5.74) is 0. The summed E-state index contributed by atoms with van der Waals surface area (Å²) in [5.74, 6) is 2.06. The molecule has 1 aliphatic carbocycles. The van der Waals surface area contributed by atoms with Crippen LogP contribution in [-0.4, -0.2) is 12.6 Å². The molecule has 3 atom stereocenters. The van der Waals surface area contributed by atoms with Gasteiger partial charge in [-0.3, -0.25) is 4.79 Å². The summed E-state index contributed by atoms with van der Waals surface area (Å²) in [5, 5.41) is 0. The highest BCUT2D eigenvalue weighted by atomic mass is 16.5. The Labute approximate surface area is 99.8 Å². The molecule has 0 heterocycles. The largest absolute Gasteiger partial charge is 0.466 e. The number of hydrogen-bond donors (Lipinski definition) is 0. The summed E-state index contributed by atoms with van der Waals surface area (Å²) in [4.78, 5) is 11.5. The van der Waals surface area contributed by atoms with Crippen LogP contribution in [0.15, 0.2) is 0 Å². The molecule has 0 saturated heterocycles. The van der Waals surface area contributed by atoms with Crippen molar-refractivity contribution in [2.24, 2.45) is 17.8 Å². The highest BCUT2D eigenvalue weighted by Gasteiger charge is 2.30. The van der Waals surface area contributed by atoms with E-state index in [2.05, 4.69) is 13.8 Å². The maximum absolute atomic E-state index is 11.5. The zero-order valence-electron chi connectivity index (χ0n) is 11.0. The first kappa shape index (κ1) is 13.5. The minimum absolute atomic E-state index is 0.00250. The van der Waals surface area contributed by atoms with Gasteiger partial charge in [0, 0.05) is 6.42 Å². The van der Waals surface area contributed by atoms with Gasteiger partial charge in [0.15, 0.2) is 0 Å². The molecular weight excluding hydrogens is 200 g/mol. The number of carbonyl (C=O) groups is 1. The summed E-state index contributed by atoms with van der Waals surface area (Å²) < 4.78 is 5.07. The fraction of sp³-hybridized carbons (Fsp3) is 0.929. The molecule has 0 radical (unpaired) electrons. The predicted octanol–water partition coefficient (Wildman–Crippen LogP) is 3.79. The van der Waals surface area contributed by atoms with Crippen molar-refractivity contribution in [1.29, 1.82) is 0 Å². The SMILES string of the molecule is CCOC(=O)CC1CCCCC1C(C)CC. The number of ether oxygens (including phenoxy) is 1. The smallest absolute Gasteiger partial charge is 0.306 e. The molecule has 1 saturated carbocycles. The molecule has 0 aromatic heterocycles. The van der Waals surface area contributed by atoms with Gasteiger partial charge in [-0.25, -0.2) is 0 Å². The Balaban J connectivity index is 2.49. The number of rotatable bonds is 5. The molecule has 0 aromatic carbocycles. The van der Waals surface area contributed by atoms with Gasteiger partial charge >= 0.3 is 5.97 Å². The average molecular weight is 226 g/mol. The molecule has 1 aliphatic rings. The van der Waals surface area contributed by atoms with Gasteiger partial charge in [-0.2, -0.15) is 0 Å². The molecule has 1 rings (SSSR count). The van der Waals surface area contributed by atoms with Crippen LogP contribution >= 0.6 is 0 Å². The van der Waals surface area contributed by atoms with Crippen LogP contribution in [0.3, 0.4) is 0 Å². The van der Waals surface area contributed by atoms with Gasteiger partial charge in [-0.05, 0) is 37.5 Å². The van der Waals surface area contributed by atoms with Gasteiger partial charge in [0.2, 0.25) is 0 Å². The molecule has 0 bridgehead atoms. The van der Waals surface area contributed by atoms with E-state index in [0.717, 1.165) is 11.8 Å². The maximum atomic E-state index is 11.5. The number of carbonyl (C=O) groups excluding carboxylic acids is 1. The molecule has 2 heteroatoms. The van der Waals surface area contributed by atoms with Gasteiger partial charge in [-0.15, -0.1) is 0 Å². The second-order valence-corrected chi connectivity index (χ2v) is 5.10. The van der Waals surface area contributed by atoms with Crippen molar-refractivity contribution in [1.82, 2.24) is 0 Å². The third kappa shape index (κ3) is 3.80. The summed E-state index contributed by atoms with van der Waals surface area (Å²) in [6.45, 7) is 6.97. The Hall–Kier alpha value is -0.530. The lowest BCUT2D eigenvalue weighted by atomic mass is 9.71. The van der Waals surface area contributed by atoms with Crippen molar-refractivity contribution in [3.63, 3.8) is 0 Å². The van der Waals surface area contributed by atoms with E-state index in [-0.39, 0.29) is 5.97 Å². The van der Waals surface area contributed by atoms with Crippen LogP contribution in [0.2, 0.25) is 0 Å². The van der Waals surface area contributed by atoms with Gasteiger partial charge in [0.05, 0.1) is 6.61 Å². The second kappa shape index (κ2) is 6.93. The van der Waals surface area contributed by atoms with Gasteiger partial charge in [-0.1, -0.05) is 33.1 Å². The summed E-state index contributed by atoms with van der Waals surface area (Å²) in [6.07, 6.45) is 7.02. The van der Waals surface area contributed by atoms with E-state index in [1.54, 1.807) is 0 Å². The van der Waals surface area contributed by atoms with Crippen molar-refractivity contribution < 1.29 is 9.53 Å². The first-order valence-corrected chi connectivity index (χ1v) is 6.84. The number of hydrogen-bond acceptors (Lipinski definition) is 2. The minimum atomic E-state index is 0.00250. The predicted molar refractivity (Wildman–Crippen MR) is 66.2 cm³/mol. The van der Waals surface area contributed by atoms with Gasteiger partial charge < -0.3 is 4.74 Å². The zero-order valence-corrected chi connectivity index (χ0v) is 11.0. The lowest BCUT2D eigenvalue weighted by molar-refractivity contribution is -0.145. The number of esters is 1. The van der Waals surface area contributed by atoms with Crippen LogP contribution in [-0.2, 0) is 9.53 Å². The van der Waals surface area contributed by atoms with Crippen molar-refractivity contribution in [3.05, 3.63) is 0 Å². The van der Waals surface area contributed by atoms with Crippen LogP contribution in [0.1, 0.15) is 59.3 Å². The minimum Gasteiger partial charge on any atom is -0.466 e. The second-order valence-electron chi connectivity index (χ2n) is 5.10. The summed E-state index contributed by atoms with van der Waals surface area (Å²) >= 11 is 0. The maximum Gasteiger partial charge on any atom is 0.306 e. The first-order chi connectivity index (χ1) is 7.69. The Bertz CT molecular complexity index is 213. The Morgan fingerprint density at radius 1 is 1.31 bits per heavy atom. The third-order valence-corrected chi connectivity index (χ3v) is 4.08. The van der Waals surface area contributed by atoms with Crippen molar-refractivity contribution in [2.75, 3.05) is 6.61 Å². The van der Waals surface area contributed by atoms with E-state index < -0.39 is 0 Å². The Morgan fingerprint density at radius 2 is 2.00 bits per heavy atom. The molecule has 1 fully saturated rings. The van der Waals surface area contributed by atoms with E-state index >= 15 is 0 Å². The molecule has 94 valence electrons. The quantitative estimate of drug-likeness (QED) is 0.667. The van der Waals surface area contributed by atoms with E-state index in [1.165, 1.54) is 32.1 Å². The van der Waals surface area contributed by atoms with E-state index in [9.17, 15) is 4.79 Å². The van der Waals surface area contributed by atoms with Crippen LogP contribution in [0.4, 0.5) is 0 Å². The van der Waals surface area contributed by atoms with Crippen LogP contribution in [0.25, 0.3) is 0 Å². The van der Waals surface area contributed by atoms with E-state index in [1.807, 2.05) is 6.92 Å². The molecule has 2 nitrogen and oxygen atoms in total. The van der Waals surface area contributed by atoms with Crippen molar-refractivity contribution >= 4 is 5.97 Å². The normalized spacial score (nSPS) is 27.4. The van der Waals surface area contributed by atoms with Gasteiger partial charge in [0.1, 0.15) is 0 Å². The molecule has 0 N–H and O–H groups in total. The Morgan fingerprint density at radius 3 is 2.62 bits per heavy atom. The highest BCUT2D eigenvalue weighted by molar-refractivity contribution is 5.69. The Kier molecular flexibility index (Phi) is 5.86. The standard InChI is InChI=1S/C14H26O2/c1-4-11(3)13-9-7-6-8-12(13)10-14(15)16-5-2/h11-13H,4-10H2,1-3H3. The highest BCUT2D eigenvalue weighted by Crippen LogP contribution is 2.38. The van der Waals surface area contributed by atoms with Crippen molar-refractivity contribution in [2.45, 2.75) is 59.3 Å². The fourth-order valence-electron chi connectivity index (χ4n) is 2.98.